The number of H-pyrrole nitrogens is 1. The van der Waals surface area contributed by atoms with Gasteiger partial charge in [-0.25, -0.2) is 13.5 Å². The first kappa shape index (κ1) is 9.39. The predicted molar refractivity (Wildman–Crippen MR) is 50.0 cm³/mol. The molecule has 0 saturated heterocycles. The minimum Gasteiger partial charge on any atom is -0.267 e. The van der Waals surface area contributed by atoms with Crippen LogP contribution in [0.5, 0.6) is 0 Å². The zero-order chi connectivity index (χ0) is 10.3. The lowest BCUT2D eigenvalue weighted by Crippen LogP contribution is -2.28. The second-order valence-electron chi connectivity index (χ2n) is 3.37. The number of aromatic amines is 1. The van der Waals surface area contributed by atoms with Crippen LogP contribution >= 0.6 is 0 Å². The van der Waals surface area contributed by atoms with Gasteiger partial charge in [-0.3, -0.25) is 4.79 Å². The van der Waals surface area contributed by atoms with Gasteiger partial charge in [-0.2, -0.15) is 5.10 Å². The summed E-state index contributed by atoms with van der Waals surface area (Å²) in [5, 5.41) is 5.95. The van der Waals surface area contributed by atoms with Gasteiger partial charge in [0, 0.05) is 0 Å². The van der Waals surface area contributed by atoms with Gasteiger partial charge in [0.05, 0.1) is 11.4 Å². The van der Waals surface area contributed by atoms with Gasteiger partial charge in [-0.05, 0) is 25.3 Å². The van der Waals surface area contributed by atoms with Crippen LogP contribution < -0.4 is 5.56 Å². The fourth-order valence-electron chi connectivity index (χ4n) is 1.72. The quantitative estimate of drug-likeness (QED) is 0.648. The average molecular weight is 214 g/mol. The maximum absolute atomic E-state index is 11.6. The van der Waals surface area contributed by atoms with Gasteiger partial charge in [0.1, 0.15) is 4.90 Å². The summed E-state index contributed by atoms with van der Waals surface area (Å²) in [6.07, 6.45) is 1.19. The van der Waals surface area contributed by atoms with Crippen LogP contribution in [0.15, 0.2) is 9.69 Å². The number of rotatable bonds is 0. The molecule has 6 heteroatoms. The highest BCUT2D eigenvalue weighted by Gasteiger charge is 2.28. The molecule has 0 fully saturated rings. The summed E-state index contributed by atoms with van der Waals surface area (Å²) in [5.41, 5.74) is 0.591. The lowest BCUT2D eigenvalue weighted by molar-refractivity contribution is 0.581. The van der Waals surface area contributed by atoms with Crippen molar-refractivity contribution in [2.75, 3.05) is 5.75 Å². The van der Waals surface area contributed by atoms with Gasteiger partial charge in [0.15, 0.2) is 9.84 Å². The standard InChI is InChI=1S/C8H10N2O3S/c1-5-6-3-2-4-14(12,13)7(6)8(11)10-9-5/h2-4H2,1H3,(H,10,11). The molecule has 1 aromatic rings. The third kappa shape index (κ3) is 1.26. The maximum Gasteiger partial charge on any atom is 0.283 e. The summed E-state index contributed by atoms with van der Waals surface area (Å²) in [7, 11) is -3.38. The van der Waals surface area contributed by atoms with Crippen molar-refractivity contribution in [2.24, 2.45) is 0 Å². The van der Waals surface area contributed by atoms with Gasteiger partial charge < -0.3 is 0 Å². The Kier molecular flexibility index (Phi) is 1.95. The fourth-order valence-corrected chi connectivity index (χ4v) is 3.40. The molecule has 0 aliphatic carbocycles. The molecule has 5 nitrogen and oxygen atoms in total. The third-order valence-electron chi connectivity index (χ3n) is 2.39. The monoisotopic (exact) mass is 214 g/mol. The first-order valence-corrected chi connectivity index (χ1v) is 5.98. The second-order valence-corrected chi connectivity index (χ2v) is 5.41. The van der Waals surface area contributed by atoms with Crippen molar-refractivity contribution >= 4 is 9.84 Å². The summed E-state index contributed by atoms with van der Waals surface area (Å²) in [4.78, 5) is 11.3. The maximum atomic E-state index is 11.6. The molecule has 0 saturated carbocycles. The Morgan fingerprint density at radius 1 is 1.43 bits per heavy atom. The molecule has 0 spiro atoms. The molecule has 76 valence electrons. The van der Waals surface area contributed by atoms with E-state index in [0.29, 0.717) is 24.1 Å². The Hall–Kier alpha value is -1.17. The molecule has 0 atom stereocenters. The van der Waals surface area contributed by atoms with Crippen LogP contribution in [-0.4, -0.2) is 24.4 Å². The van der Waals surface area contributed by atoms with E-state index in [1.807, 2.05) is 0 Å². The summed E-state index contributed by atoms with van der Waals surface area (Å²) < 4.78 is 23.2. The van der Waals surface area contributed by atoms with Crippen molar-refractivity contribution in [1.82, 2.24) is 10.2 Å². The largest absolute Gasteiger partial charge is 0.283 e. The summed E-state index contributed by atoms with van der Waals surface area (Å²) >= 11 is 0. The number of aryl methyl sites for hydroxylation is 1. The van der Waals surface area contributed by atoms with Crippen molar-refractivity contribution in [1.29, 1.82) is 0 Å². The number of fused-ring (bicyclic) bond motifs is 1. The van der Waals surface area contributed by atoms with Crippen LogP contribution in [0, 0.1) is 6.92 Å². The van der Waals surface area contributed by atoms with Crippen LogP contribution in [0.25, 0.3) is 0 Å². The highest BCUT2D eigenvalue weighted by atomic mass is 32.2. The number of nitrogens with one attached hydrogen (secondary N) is 1. The predicted octanol–water partition coefficient (Wildman–Crippen LogP) is -0.202. The van der Waals surface area contributed by atoms with Crippen molar-refractivity contribution < 1.29 is 8.42 Å². The molecule has 1 aliphatic rings. The van der Waals surface area contributed by atoms with Crippen LogP contribution in [0.2, 0.25) is 0 Å². The van der Waals surface area contributed by atoms with Gasteiger partial charge in [-0.1, -0.05) is 0 Å². The number of hydrogen-bond acceptors (Lipinski definition) is 4. The Bertz CT molecular complexity index is 530. The normalized spacial score (nSPS) is 18.9. The van der Waals surface area contributed by atoms with E-state index >= 15 is 0 Å². The topological polar surface area (TPSA) is 79.9 Å². The van der Waals surface area contributed by atoms with E-state index in [4.69, 9.17) is 0 Å². The van der Waals surface area contributed by atoms with Gasteiger partial charge >= 0.3 is 0 Å². The van der Waals surface area contributed by atoms with Crippen molar-refractivity contribution in [2.45, 2.75) is 24.7 Å². The van der Waals surface area contributed by atoms with E-state index in [1.165, 1.54) is 0 Å². The SMILES string of the molecule is Cc1n[nH]c(=O)c2c1CCCS2(=O)=O. The number of hydrogen-bond donors (Lipinski definition) is 1. The first-order valence-electron chi connectivity index (χ1n) is 4.33. The zero-order valence-corrected chi connectivity index (χ0v) is 8.52. The van der Waals surface area contributed by atoms with Gasteiger partial charge in [0.2, 0.25) is 0 Å². The van der Waals surface area contributed by atoms with E-state index in [0.717, 1.165) is 0 Å². The Balaban J connectivity index is 2.88. The second kappa shape index (κ2) is 2.91. The molecule has 0 unspecified atom stereocenters. The summed E-state index contributed by atoms with van der Waals surface area (Å²) in [6.45, 7) is 1.70. The first-order chi connectivity index (χ1) is 6.52. The highest BCUT2D eigenvalue weighted by Crippen LogP contribution is 2.22. The van der Waals surface area contributed by atoms with E-state index in [-0.39, 0.29) is 10.6 Å². The molecule has 0 aromatic carbocycles. The molecule has 1 aliphatic heterocycles. The number of aromatic nitrogens is 2. The number of nitrogens with zero attached hydrogens (tertiary/aromatic N) is 1. The molecule has 2 rings (SSSR count). The number of sulfone groups is 1. The van der Waals surface area contributed by atoms with Crippen molar-refractivity contribution in [3.8, 4) is 0 Å². The van der Waals surface area contributed by atoms with Crippen molar-refractivity contribution in [3.05, 3.63) is 21.6 Å². The molecular formula is C8H10N2O3S. The molecule has 2 heterocycles. The van der Waals surface area contributed by atoms with Crippen molar-refractivity contribution in [3.63, 3.8) is 0 Å². The van der Waals surface area contributed by atoms with E-state index in [1.54, 1.807) is 6.92 Å². The molecular weight excluding hydrogens is 204 g/mol. The summed E-state index contributed by atoms with van der Waals surface area (Å²) in [5.74, 6) is 0.0620. The molecule has 14 heavy (non-hydrogen) atoms. The summed E-state index contributed by atoms with van der Waals surface area (Å²) in [6, 6.07) is 0. The van der Waals surface area contributed by atoms with Gasteiger partial charge in [0.25, 0.3) is 5.56 Å². The Morgan fingerprint density at radius 2 is 2.14 bits per heavy atom. The Labute approximate surface area is 81.1 Å². The van der Waals surface area contributed by atoms with E-state index in [2.05, 4.69) is 10.2 Å². The molecule has 1 aromatic heterocycles. The fraction of sp³-hybridized carbons (Fsp3) is 0.500. The average Bonchev–Trinajstić information content (AvgIpc) is 2.10. The Morgan fingerprint density at radius 3 is 2.79 bits per heavy atom. The minimum atomic E-state index is -3.38. The highest BCUT2D eigenvalue weighted by molar-refractivity contribution is 7.91. The van der Waals surface area contributed by atoms with Crippen LogP contribution in [0.1, 0.15) is 17.7 Å². The third-order valence-corrected chi connectivity index (χ3v) is 4.27. The zero-order valence-electron chi connectivity index (χ0n) is 7.70. The van der Waals surface area contributed by atoms with Crippen LogP contribution in [0.3, 0.4) is 0 Å². The van der Waals surface area contributed by atoms with E-state index < -0.39 is 15.4 Å². The lowest BCUT2D eigenvalue weighted by atomic mass is 10.1. The molecule has 0 amide bonds. The molecule has 0 bridgehead atoms. The van der Waals surface area contributed by atoms with Crippen LogP contribution in [-0.2, 0) is 16.3 Å². The molecule has 0 radical (unpaired) electrons. The smallest absolute Gasteiger partial charge is 0.267 e. The van der Waals surface area contributed by atoms with E-state index in [9.17, 15) is 13.2 Å². The lowest BCUT2D eigenvalue weighted by Gasteiger charge is -2.15. The van der Waals surface area contributed by atoms with Crippen LogP contribution in [0.4, 0.5) is 0 Å². The minimum absolute atomic E-state index is 0.0620. The van der Waals surface area contributed by atoms with Gasteiger partial charge in [-0.15, -0.1) is 0 Å². The molecule has 1 N–H and O–H groups in total.